The van der Waals surface area contributed by atoms with Crippen molar-refractivity contribution in [1.82, 2.24) is 14.8 Å². The molecule has 0 saturated carbocycles. The van der Waals surface area contributed by atoms with Gasteiger partial charge in [-0.15, -0.1) is 0 Å². The van der Waals surface area contributed by atoms with Crippen LogP contribution in [0.4, 0.5) is 0 Å². The van der Waals surface area contributed by atoms with Crippen LogP contribution in [0.25, 0.3) is 10.9 Å². The van der Waals surface area contributed by atoms with Crippen LogP contribution in [0.15, 0.2) is 54.6 Å². The zero-order valence-electron chi connectivity index (χ0n) is 19.6. The maximum absolute atomic E-state index is 13.5. The van der Waals surface area contributed by atoms with E-state index in [1.165, 1.54) is 11.1 Å². The monoisotopic (exact) mass is 445 g/mol. The highest BCUT2D eigenvalue weighted by molar-refractivity contribution is 5.98. The normalized spacial score (nSPS) is 19.8. The van der Waals surface area contributed by atoms with Crippen molar-refractivity contribution < 1.29 is 9.53 Å². The summed E-state index contributed by atoms with van der Waals surface area (Å²) in [7, 11) is 0. The highest BCUT2D eigenvalue weighted by Gasteiger charge is 2.28. The molecule has 0 bridgehead atoms. The van der Waals surface area contributed by atoms with Gasteiger partial charge in [0.25, 0.3) is 5.91 Å². The summed E-state index contributed by atoms with van der Waals surface area (Å²) in [5, 5.41) is 1.09. The minimum absolute atomic E-state index is 0.101. The van der Waals surface area contributed by atoms with Gasteiger partial charge >= 0.3 is 0 Å². The molecule has 2 aliphatic heterocycles. The lowest BCUT2D eigenvalue weighted by atomic mass is 9.95. The molecule has 5 heteroatoms. The Kier molecular flexibility index (Phi) is 6.79. The SMILES string of the molecule is Cc1ccccc1CN1CCC(CN(CC2CCCO2)C(=O)c2cc3ccccc3[nH]2)CC1. The molecular weight excluding hydrogens is 410 g/mol. The summed E-state index contributed by atoms with van der Waals surface area (Å²) < 4.78 is 5.90. The molecule has 3 heterocycles. The maximum atomic E-state index is 13.5. The molecule has 3 aromatic rings. The predicted molar refractivity (Wildman–Crippen MR) is 132 cm³/mol. The van der Waals surface area contributed by atoms with Crippen molar-refractivity contribution in [1.29, 1.82) is 0 Å². The summed E-state index contributed by atoms with van der Waals surface area (Å²) in [6.45, 7) is 7.72. The number of hydrogen-bond donors (Lipinski definition) is 1. The number of aryl methyl sites for hydroxylation is 1. The Morgan fingerprint density at radius 3 is 2.61 bits per heavy atom. The lowest BCUT2D eigenvalue weighted by Crippen LogP contribution is -2.43. The standard InChI is InChI=1S/C28H35N3O2/c1-21-7-2-3-9-24(21)19-30-14-12-22(13-15-30)18-31(20-25-10-6-16-33-25)28(32)27-17-23-8-4-5-11-26(23)29-27/h2-5,7-9,11,17,22,25,29H,6,10,12-16,18-20H2,1H3. The number of ether oxygens (including phenoxy) is 1. The van der Waals surface area contributed by atoms with Gasteiger partial charge in [-0.3, -0.25) is 9.69 Å². The molecule has 0 radical (unpaired) electrons. The van der Waals surface area contributed by atoms with E-state index >= 15 is 0 Å². The van der Waals surface area contributed by atoms with Gasteiger partial charge in [-0.2, -0.15) is 0 Å². The number of benzene rings is 2. The first-order valence-corrected chi connectivity index (χ1v) is 12.4. The van der Waals surface area contributed by atoms with Crippen LogP contribution in [-0.2, 0) is 11.3 Å². The van der Waals surface area contributed by atoms with Gasteiger partial charge in [-0.05, 0) is 74.9 Å². The summed E-state index contributed by atoms with van der Waals surface area (Å²) in [5.74, 6) is 0.636. The van der Waals surface area contributed by atoms with E-state index in [4.69, 9.17) is 4.74 Å². The Labute approximate surface area is 196 Å². The summed E-state index contributed by atoms with van der Waals surface area (Å²) in [5.41, 5.74) is 4.49. The third-order valence-electron chi connectivity index (χ3n) is 7.34. The Morgan fingerprint density at radius 1 is 1.06 bits per heavy atom. The molecule has 1 N–H and O–H groups in total. The van der Waals surface area contributed by atoms with Crippen LogP contribution in [0.5, 0.6) is 0 Å². The molecule has 2 aromatic carbocycles. The van der Waals surface area contributed by atoms with Crippen molar-refractivity contribution in [2.75, 3.05) is 32.8 Å². The average molecular weight is 446 g/mol. The molecule has 5 rings (SSSR count). The van der Waals surface area contributed by atoms with Crippen LogP contribution in [-0.4, -0.2) is 59.6 Å². The van der Waals surface area contributed by atoms with Gasteiger partial charge in [0, 0.05) is 37.1 Å². The molecule has 5 nitrogen and oxygen atoms in total. The van der Waals surface area contributed by atoms with E-state index in [1.54, 1.807) is 0 Å². The fraction of sp³-hybridized carbons (Fsp3) is 0.464. The van der Waals surface area contributed by atoms with Gasteiger partial charge in [-0.1, -0.05) is 42.5 Å². The zero-order valence-corrected chi connectivity index (χ0v) is 19.6. The molecule has 2 saturated heterocycles. The van der Waals surface area contributed by atoms with E-state index in [-0.39, 0.29) is 12.0 Å². The highest BCUT2D eigenvalue weighted by atomic mass is 16.5. The minimum atomic E-state index is 0.101. The molecule has 1 unspecified atom stereocenters. The molecule has 1 aromatic heterocycles. The highest BCUT2D eigenvalue weighted by Crippen LogP contribution is 2.24. The van der Waals surface area contributed by atoms with Crippen molar-refractivity contribution in [2.24, 2.45) is 5.92 Å². The average Bonchev–Trinajstić information content (AvgIpc) is 3.50. The van der Waals surface area contributed by atoms with Crippen LogP contribution < -0.4 is 0 Å². The van der Waals surface area contributed by atoms with Gasteiger partial charge in [0.15, 0.2) is 0 Å². The molecule has 2 aliphatic rings. The number of carbonyl (C=O) groups excluding carboxylic acids is 1. The molecule has 1 amide bonds. The summed E-state index contributed by atoms with van der Waals surface area (Å²) in [6.07, 6.45) is 4.57. The Morgan fingerprint density at radius 2 is 1.85 bits per heavy atom. The number of amides is 1. The number of fused-ring (bicyclic) bond motifs is 1. The zero-order chi connectivity index (χ0) is 22.6. The molecule has 33 heavy (non-hydrogen) atoms. The topological polar surface area (TPSA) is 48.6 Å². The number of para-hydroxylation sites is 1. The fourth-order valence-electron chi connectivity index (χ4n) is 5.30. The Bertz CT molecular complexity index is 1040. The van der Waals surface area contributed by atoms with Crippen molar-refractivity contribution in [2.45, 2.75) is 45.3 Å². The van der Waals surface area contributed by atoms with Crippen molar-refractivity contribution in [3.63, 3.8) is 0 Å². The van der Waals surface area contributed by atoms with Gasteiger partial charge in [0.05, 0.1) is 6.10 Å². The molecule has 0 aliphatic carbocycles. The quantitative estimate of drug-likeness (QED) is 0.556. The van der Waals surface area contributed by atoms with Crippen LogP contribution in [0.2, 0.25) is 0 Å². The predicted octanol–water partition coefficient (Wildman–Crippen LogP) is 5.01. The fourth-order valence-corrected chi connectivity index (χ4v) is 5.30. The van der Waals surface area contributed by atoms with Crippen molar-refractivity contribution in [3.05, 3.63) is 71.4 Å². The van der Waals surface area contributed by atoms with E-state index in [0.29, 0.717) is 18.2 Å². The van der Waals surface area contributed by atoms with Crippen molar-refractivity contribution >= 4 is 16.8 Å². The number of aromatic amines is 1. The molecule has 0 spiro atoms. The number of nitrogens with one attached hydrogen (secondary N) is 1. The van der Waals surface area contributed by atoms with Crippen LogP contribution in [0.1, 0.15) is 47.3 Å². The molecule has 2 fully saturated rings. The largest absolute Gasteiger partial charge is 0.376 e. The first-order valence-electron chi connectivity index (χ1n) is 12.4. The number of aromatic nitrogens is 1. The van der Waals surface area contributed by atoms with Crippen molar-refractivity contribution in [3.8, 4) is 0 Å². The van der Waals surface area contributed by atoms with Crippen LogP contribution in [0, 0.1) is 12.8 Å². The van der Waals surface area contributed by atoms with Gasteiger partial charge in [0.2, 0.25) is 0 Å². The second-order valence-corrected chi connectivity index (χ2v) is 9.76. The molecule has 1 atom stereocenters. The van der Waals surface area contributed by atoms with Crippen LogP contribution >= 0.6 is 0 Å². The second-order valence-electron chi connectivity index (χ2n) is 9.76. The van der Waals surface area contributed by atoms with Gasteiger partial charge in [0.1, 0.15) is 5.69 Å². The molecule has 174 valence electrons. The number of carbonyl (C=O) groups is 1. The van der Waals surface area contributed by atoms with Gasteiger partial charge in [-0.25, -0.2) is 0 Å². The third kappa shape index (κ3) is 5.31. The summed E-state index contributed by atoms with van der Waals surface area (Å²) >= 11 is 0. The van der Waals surface area contributed by atoms with E-state index < -0.39 is 0 Å². The summed E-state index contributed by atoms with van der Waals surface area (Å²) in [4.78, 5) is 21.5. The van der Waals surface area contributed by atoms with E-state index in [2.05, 4.69) is 52.0 Å². The number of rotatable bonds is 7. The first kappa shape index (κ1) is 22.2. The Balaban J connectivity index is 1.23. The van der Waals surface area contributed by atoms with Gasteiger partial charge < -0.3 is 14.6 Å². The smallest absolute Gasteiger partial charge is 0.270 e. The second kappa shape index (κ2) is 10.1. The lowest BCUT2D eigenvalue weighted by Gasteiger charge is -2.35. The van der Waals surface area contributed by atoms with E-state index in [9.17, 15) is 4.79 Å². The number of piperidine rings is 1. The summed E-state index contributed by atoms with van der Waals surface area (Å²) in [6, 6.07) is 18.8. The van der Waals surface area contributed by atoms with E-state index in [1.807, 2.05) is 24.3 Å². The lowest BCUT2D eigenvalue weighted by molar-refractivity contribution is 0.0441. The third-order valence-corrected chi connectivity index (χ3v) is 7.34. The first-order chi connectivity index (χ1) is 16.2. The number of nitrogens with zero attached hydrogens (tertiary/aromatic N) is 2. The number of hydrogen-bond acceptors (Lipinski definition) is 3. The number of likely N-dealkylation sites (tertiary alicyclic amines) is 1. The minimum Gasteiger partial charge on any atom is -0.376 e. The van der Waals surface area contributed by atoms with Crippen LogP contribution in [0.3, 0.4) is 0 Å². The maximum Gasteiger partial charge on any atom is 0.270 e. The molecular formula is C28H35N3O2. The number of H-pyrrole nitrogens is 1. The van der Waals surface area contributed by atoms with E-state index in [0.717, 1.165) is 69.4 Å². The Hall–Kier alpha value is -2.63.